The van der Waals surface area contributed by atoms with Crippen molar-refractivity contribution in [2.75, 3.05) is 13.2 Å². The smallest absolute Gasteiger partial charge is 0.224 e. The van der Waals surface area contributed by atoms with Gasteiger partial charge in [0.25, 0.3) is 0 Å². The molecule has 2 aliphatic rings. The summed E-state index contributed by atoms with van der Waals surface area (Å²) in [6.07, 6.45) is 3.58. The minimum Gasteiger partial charge on any atom is -0.486 e. The Morgan fingerprint density at radius 3 is 2.83 bits per heavy atom. The number of carbonyl (C=O) groups is 1. The van der Waals surface area contributed by atoms with Crippen molar-refractivity contribution in [1.82, 2.24) is 5.32 Å². The molecule has 4 heteroatoms. The van der Waals surface area contributed by atoms with Crippen LogP contribution in [0.1, 0.15) is 35.6 Å². The lowest BCUT2D eigenvalue weighted by atomic mass is 9.87. The van der Waals surface area contributed by atoms with Crippen molar-refractivity contribution < 1.29 is 14.3 Å². The maximum atomic E-state index is 12.5. The molecule has 2 aromatic carbocycles. The second-order valence-corrected chi connectivity index (χ2v) is 6.37. The Kier molecular flexibility index (Phi) is 4.11. The molecule has 0 radical (unpaired) electrons. The van der Waals surface area contributed by atoms with Gasteiger partial charge in [0.2, 0.25) is 5.91 Å². The summed E-state index contributed by atoms with van der Waals surface area (Å²) >= 11 is 0. The highest BCUT2D eigenvalue weighted by Crippen LogP contribution is 2.32. The van der Waals surface area contributed by atoms with Gasteiger partial charge in [0, 0.05) is 0 Å². The maximum absolute atomic E-state index is 12.5. The quantitative estimate of drug-likeness (QED) is 0.943. The van der Waals surface area contributed by atoms with Crippen LogP contribution < -0.4 is 14.8 Å². The van der Waals surface area contributed by atoms with Crippen molar-refractivity contribution in [1.29, 1.82) is 0 Å². The van der Waals surface area contributed by atoms with Gasteiger partial charge in [0.15, 0.2) is 11.5 Å². The van der Waals surface area contributed by atoms with Crippen LogP contribution in [0, 0.1) is 0 Å². The fraction of sp³-hybridized carbons (Fsp3) is 0.350. The standard InChI is InChI=1S/C20H21NO3/c22-20(13-14-8-9-18-19(12-14)24-11-10-23-18)21-17-7-3-5-15-4-1-2-6-16(15)17/h1-2,4,6,8-9,12,17H,3,5,7,10-11,13H2,(H,21,22)/t17-/m0/s1. The molecule has 1 heterocycles. The number of rotatable bonds is 3. The number of benzene rings is 2. The molecular weight excluding hydrogens is 302 g/mol. The first-order chi connectivity index (χ1) is 11.8. The highest BCUT2D eigenvalue weighted by molar-refractivity contribution is 5.79. The van der Waals surface area contributed by atoms with Crippen molar-refractivity contribution in [2.24, 2.45) is 0 Å². The number of amides is 1. The van der Waals surface area contributed by atoms with Crippen LogP contribution in [-0.2, 0) is 17.6 Å². The van der Waals surface area contributed by atoms with Gasteiger partial charge in [-0.15, -0.1) is 0 Å². The van der Waals surface area contributed by atoms with Crippen molar-refractivity contribution in [3.63, 3.8) is 0 Å². The summed E-state index contributed by atoms with van der Waals surface area (Å²) in [6.45, 7) is 1.13. The van der Waals surface area contributed by atoms with Crippen LogP contribution >= 0.6 is 0 Å². The molecule has 0 spiro atoms. The number of aryl methyl sites for hydroxylation is 1. The molecule has 1 aliphatic carbocycles. The molecule has 1 aliphatic heterocycles. The van der Waals surface area contributed by atoms with E-state index in [-0.39, 0.29) is 11.9 Å². The Balaban J connectivity index is 1.44. The summed E-state index contributed by atoms with van der Waals surface area (Å²) in [5, 5.41) is 3.19. The van der Waals surface area contributed by atoms with Gasteiger partial charge in [-0.25, -0.2) is 0 Å². The Labute approximate surface area is 141 Å². The molecule has 1 amide bonds. The number of hydrogen-bond donors (Lipinski definition) is 1. The van der Waals surface area contributed by atoms with Gasteiger partial charge in [-0.2, -0.15) is 0 Å². The Bertz CT molecular complexity index is 756. The van der Waals surface area contributed by atoms with Gasteiger partial charge >= 0.3 is 0 Å². The normalized spacial score (nSPS) is 18.6. The highest BCUT2D eigenvalue weighted by atomic mass is 16.6. The van der Waals surface area contributed by atoms with E-state index in [0.717, 1.165) is 36.3 Å². The summed E-state index contributed by atoms with van der Waals surface area (Å²) in [4.78, 5) is 12.5. The molecule has 0 aromatic heterocycles. The van der Waals surface area contributed by atoms with Crippen molar-refractivity contribution in [3.05, 3.63) is 59.2 Å². The van der Waals surface area contributed by atoms with E-state index in [1.807, 2.05) is 24.3 Å². The number of nitrogens with one attached hydrogen (secondary N) is 1. The van der Waals surface area contributed by atoms with E-state index in [1.165, 1.54) is 11.1 Å². The molecule has 1 atom stereocenters. The van der Waals surface area contributed by atoms with Crippen LogP contribution in [0.5, 0.6) is 11.5 Å². The van der Waals surface area contributed by atoms with Gasteiger partial charge in [-0.1, -0.05) is 30.3 Å². The van der Waals surface area contributed by atoms with Gasteiger partial charge in [0.05, 0.1) is 12.5 Å². The zero-order chi connectivity index (χ0) is 16.4. The molecule has 4 rings (SSSR count). The number of hydrogen-bond acceptors (Lipinski definition) is 3. The zero-order valence-electron chi connectivity index (χ0n) is 13.6. The highest BCUT2D eigenvalue weighted by Gasteiger charge is 2.21. The lowest BCUT2D eigenvalue weighted by molar-refractivity contribution is -0.121. The molecule has 1 N–H and O–H groups in total. The van der Waals surface area contributed by atoms with Crippen LogP contribution in [0.2, 0.25) is 0 Å². The summed E-state index contributed by atoms with van der Waals surface area (Å²) in [6, 6.07) is 14.2. The van der Waals surface area contributed by atoms with E-state index in [2.05, 4.69) is 23.5 Å². The van der Waals surface area contributed by atoms with E-state index >= 15 is 0 Å². The van der Waals surface area contributed by atoms with E-state index in [1.54, 1.807) is 0 Å². The number of ether oxygens (including phenoxy) is 2. The summed E-state index contributed by atoms with van der Waals surface area (Å²) in [7, 11) is 0. The third-order valence-corrected chi connectivity index (χ3v) is 4.68. The third-order valence-electron chi connectivity index (χ3n) is 4.68. The lowest BCUT2D eigenvalue weighted by Gasteiger charge is -2.26. The predicted octanol–water partition coefficient (Wildman–Crippen LogP) is 3.19. The van der Waals surface area contributed by atoms with Crippen LogP contribution in [0.15, 0.2) is 42.5 Å². The Hall–Kier alpha value is -2.49. The van der Waals surface area contributed by atoms with Gasteiger partial charge < -0.3 is 14.8 Å². The fourth-order valence-corrected chi connectivity index (χ4v) is 3.53. The molecule has 0 unspecified atom stereocenters. The Morgan fingerprint density at radius 1 is 1.08 bits per heavy atom. The summed E-state index contributed by atoms with van der Waals surface area (Å²) in [5.41, 5.74) is 3.56. The van der Waals surface area contributed by atoms with Crippen molar-refractivity contribution in [3.8, 4) is 11.5 Å². The van der Waals surface area contributed by atoms with Crippen molar-refractivity contribution >= 4 is 5.91 Å². The maximum Gasteiger partial charge on any atom is 0.224 e. The fourth-order valence-electron chi connectivity index (χ4n) is 3.53. The average molecular weight is 323 g/mol. The molecular formula is C20H21NO3. The van der Waals surface area contributed by atoms with Gasteiger partial charge in [-0.05, 0) is 48.1 Å². The van der Waals surface area contributed by atoms with E-state index < -0.39 is 0 Å². The number of fused-ring (bicyclic) bond motifs is 2. The van der Waals surface area contributed by atoms with Crippen LogP contribution in [-0.4, -0.2) is 19.1 Å². The lowest BCUT2D eigenvalue weighted by Crippen LogP contribution is -2.32. The minimum atomic E-state index is 0.0494. The largest absolute Gasteiger partial charge is 0.486 e. The summed E-state index contributed by atoms with van der Waals surface area (Å²) in [5.74, 6) is 1.54. The zero-order valence-corrected chi connectivity index (χ0v) is 13.6. The van der Waals surface area contributed by atoms with Crippen LogP contribution in [0.25, 0.3) is 0 Å². The first-order valence-corrected chi connectivity index (χ1v) is 8.55. The molecule has 0 fully saturated rings. The summed E-state index contributed by atoms with van der Waals surface area (Å²) < 4.78 is 11.1. The van der Waals surface area contributed by atoms with Gasteiger partial charge in [0.1, 0.15) is 13.2 Å². The third kappa shape index (κ3) is 3.09. The average Bonchev–Trinajstić information content (AvgIpc) is 2.62. The second kappa shape index (κ2) is 6.56. The van der Waals surface area contributed by atoms with Gasteiger partial charge in [-0.3, -0.25) is 4.79 Å². The molecule has 24 heavy (non-hydrogen) atoms. The molecule has 4 nitrogen and oxygen atoms in total. The Morgan fingerprint density at radius 2 is 1.92 bits per heavy atom. The molecule has 0 saturated carbocycles. The first-order valence-electron chi connectivity index (χ1n) is 8.55. The molecule has 0 bridgehead atoms. The van der Waals surface area contributed by atoms with E-state index in [9.17, 15) is 4.79 Å². The second-order valence-electron chi connectivity index (χ2n) is 6.37. The van der Waals surface area contributed by atoms with Crippen LogP contribution in [0.3, 0.4) is 0 Å². The first kappa shape index (κ1) is 15.1. The van der Waals surface area contributed by atoms with E-state index in [0.29, 0.717) is 19.6 Å². The predicted molar refractivity (Wildman–Crippen MR) is 91.4 cm³/mol. The molecule has 0 saturated heterocycles. The number of carbonyl (C=O) groups excluding carboxylic acids is 1. The minimum absolute atomic E-state index is 0.0494. The van der Waals surface area contributed by atoms with E-state index in [4.69, 9.17) is 9.47 Å². The monoisotopic (exact) mass is 323 g/mol. The molecule has 124 valence electrons. The molecule has 2 aromatic rings. The van der Waals surface area contributed by atoms with Crippen LogP contribution in [0.4, 0.5) is 0 Å². The van der Waals surface area contributed by atoms with Crippen molar-refractivity contribution in [2.45, 2.75) is 31.7 Å². The topological polar surface area (TPSA) is 47.6 Å². The SMILES string of the molecule is O=C(Cc1ccc2c(c1)OCCO2)N[C@H]1CCCc2ccccc21.